The van der Waals surface area contributed by atoms with E-state index in [9.17, 15) is 9.59 Å². The Morgan fingerprint density at radius 1 is 1.18 bits per heavy atom. The van der Waals surface area contributed by atoms with E-state index in [0.717, 1.165) is 56.8 Å². The first-order valence-electron chi connectivity index (χ1n) is 10.8. The first kappa shape index (κ1) is 17.8. The minimum atomic E-state index is -0.302. The molecular formula is C23H29N3O2. The number of nitrogens with one attached hydrogen (secondary N) is 1. The monoisotopic (exact) mass is 379 g/mol. The van der Waals surface area contributed by atoms with Crippen molar-refractivity contribution in [3.8, 4) is 0 Å². The molecule has 2 aliphatic heterocycles. The number of fused-ring (bicyclic) bond motifs is 1. The SMILES string of the molecule is O=C(CCc1c[nH]c2ccccc12)N1CC[C@@]2(CCCN(CC3CC3)C2=O)C1. The third-order valence-corrected chi connectivity index (χ3v) is 6.99. The molecule has 1 atom stereocenters. The van der Waals surface area contributed by atoms with Crippen LogP contribution >= 0.6 is 0 Å². The number of hydrogen-bond acceptors (Lipinski definition) is 2. The van der Waals surface area contributed by atoms with Crippen molar-refractivity contribution in [3.63, 3.8) is 0 Å². The summed E-state index contributed by atoms with van der Waals surface area (Å²) in [5, 5.41) is 1.20. The van der Waals surface area contributed by atoms with Crippen LogP contribution in [0, 0.1) is 11.3 Å². The molecule has 1 N–H and O–H groups in total. The highest BCUT2D eigenvalue weighted by molar-refractivity contribution is 5.87. The van der Waals surface area contributed by atoms with E-state index >= 15 is 0 Å². The number of piperidine rings is 1. The van der Waals surface area contributed by atoms with E-state index in [1.165, 1.54) is 23.8 Å². The van der Waals surface area contributed by atoms with E-state index in [2.05, 4.69) is 22.0 Å². The zero-order valence-electron chi connectivity index (χ0n) is 16.5. The molecule has 5 rings (SSSR count). The van der Waals surface area contributed by atoms with Crippen molar-refractivity contribution >= 4 is 22.7 Å². The summed E-state index contributed by atoms with van der Waals surface area (Å²) in [5.41, 5.74) is 2.01. The molecule has 1 aliphatic carbocycles. The van der Waals surface area contributed by atoms with Crippen LogP contribution in [0.25, 0.3) is 10.9 Å². The molecule has 0 unspecified atom stereocenters. The van der Waals surface area contributed by atoms with Crippen LogP contribution in [0.5, 0.6) is 0 Å². The number of aromatic amines is 1. The molecule has 3 fully saturated rings. The lowest BCUT2D eigenvalue weighted by atomic mass is 9.78. The highest BCUT2D eigenvalue weighted by Gasteiger charge is 2.49. The van der Waals surface area contributed by atoms with Crippen LogP contribution in [0.4, 0.5) is 0 Å². The third-order valence-electron chi connectivity index (χ3n) is 6.99. The highest BCUT2D eigenvalue weighted by atomic mass is 16.2. The van der Waals surface area contributed by atoms with Crippen LogP contribution in [-0.2, 0) is 16.0 Å². The number of rotatable bonds is 5. The Hall–Kier alpha value is -2.30. The predicted molar refractivity (Wildman–Crippen MR) is 109 cm³/mol. The van der Waals surface area contributed by atoms with Crippen molar-refractivity contribution in [2.75, 3.05) is 26.2 Å². The van der Waals surface area contributed by atoms with Crippen LogP contribution in [0.1, 0.15) is 44.1 Å². The Morgan fingerprint density at radius 3 is 2.89 bits per heavy atom. The second kappa shape index (κ2) is 6.94. The molecule has 2 amide bonds. The lowest BCUT2D eigenvalue weighted by Crippen LogP contribution is -2.50. The zero-order valence-corrected chi connectivity index (χ0v) is 16.5. The Labute approximate surface area is 166 Å². The molecule has 1 aromatic carbocycles. The minimum Gasteiger partial charge on any atom is -0.361 e. The van der Waals surface area contributed by atoms with Gasteiger partial charge in [0.15, 0.2) is 0 Å². The molecule has 5 heteroatoms. The van der Waals surface area contributed by atoms with Crippen molar-refractivity contribution in [1.29, 1.82) is 0 Å². The summed E-state index contributed by atoms with van der Waals surface area (Å²) in [6, 6.07) is 8.22. The van der Waals surface area contributed by atoms with Gasteiger partial charge in [0, 0.05) is 49.7 Å². The number of benzene rings is 1. The number of para-hydroxylation sites is 1. The number of aromatic nitrogens is 1. The van der Waals surface area contributed by atoms with Crippen molar-refractivity contribution in [3.05, 3.63) is 36.0 Å². The minimum absolute atomic E-state index is 0.189. The number of H-pyrrole nitrogens is 1. The highest BCUT2D eigenvalue weighted by Crippen LogP contribution is 2.42. The van der Waals surface area contributed by atoms with Crippen LogP contribution in [0.15, 0.2) is 30.5 Å². The third kappa shape index (κ3) is 3.21. The number of hydrogen-bond donors (Lipinski definition) is 1. The quantitative estimate of drug-likeness (QED) is 0.866. The number of likely N-dealkylation sites (tertiary alicyclic amines) is 2. The van der Waals surface area contributed by atoms with Gasteiger partial charge in [0.2, 0.25) is 11.8 Å². The van der Waals surface area contributed by atoms with Crippen LogP contribution in [0.3, 0.4) is 0 Å². The fourth-order valence-corrected chi connectivity index (χ4v) is 5.14. The van der Waals surface area contributed by atoms with Gasteiger partial charge in [-0.05, 0) is 56.1 Å². The number of nitrogens with zero attached hydrogens (tertiary/aromatic N) is 2. The van der Waals surface area contributed by atoms with Crippen molar-refractivity contribution < 1.29 is 9.59 Å². The van der Waals surface area contributed by atoms with Crippen molar-refractivity contribution in [2.24, 2.45) is 11.3 Å². The van der Waals surface area contributed by atoms with Gasteiger partial charge in [0.25, 0.3) is 0 Å². The topological polar surface area (TPSA) is 56.4 Å². The van der Waals surface area contributed by atoms with E-state index < -0.39 is 0 Å². The van der Waals surface area contributed by atoms with E-state index in [1.807, 2.05) is 23.2 Å². The Morgan fingerprint density at radius 2 is 2.04 bits per heavy atom. The average Bonchev–Trinajstić information content (AvgIpc) is 3.27. The second-order valence-corrected chi connectivity index (χ2v) is 9.00. The standard InChI is InChI=1S/C23H29N3O2/c27-21(9-8-18-14-24-20-5-2-1-4-19(18)20)26-13-11-23(16-26)10-3-12-25(22(23)28)15-17-6-7-17/h1-2,4-5,14,17,24H,3,6-13,15-16H2/t23-/m0/s1. The van der Waals surface area contributed by atoms with Gasteiger partial charge >= 0.3 is 0 Å². The van der Waals surface area contributed by atoms with Gasteiger partial charge in [0.1, 0.15) is 0 Å². The molecule has 3 aliphatic rings. The molecule has 0 bridgehead atoms. The predicted octanol–water partition coefficient (Wildman–Crippen LogP) is 3.35. The Bertz CT molecular complexity index is 900. The molecule has 148 valence electrons. The first-order chi connectivity index (χ1) is 13.6. The maximum absolute atomic E-state index is 13.2. The molecule has 1 aromatic heterocycles. The summed E-state index contributed by atoms with van der Waals surface area (Å²) in [5.74, 6) is 1.24. The fourth-order valence-electron chi connectivity index (χ4n) is 5.14. The van der Waals surface area contributed by atoms with Crippen LogP contribution in [0.2, 0.25) is 0 Å². The summed E-state index contributed by atoms with van der Waals surface area (Å²) in [4.78, 5) is 33.4. The number of aryl methyl sites for hydroxylation is 1. The Balaban J connectivity index is 1.21. The van der Waals surface area contributed by atoms with Gasteiger partial charge < -0.3 is 14.8 Å². The van der Waals surface area contributed by atoms with Gasteiger partial charge in [-0.2, -0.15) is 0 Å². The largest absolute Gasteiger partial charge is 0.361 e. The van der Waals surface area contributed by atoms with Gasteiger partial charge in [-0.25, -0.2) is 0 Å². The second-order valence-electron chi connectivity index (χ2n) is 9.00. The summed E-state index contributed by atoms with van der Waals surface area (Å²) >= 11 is 0. The Kier molecular flexibility index (Phi) is 4.41. The molecule has 1 spiro atoms. The smallest absolute Gasteiger partial charge is 0.230 e. The number of carbonyl (C=O) groups is 2. The molecule has 3 heterocycles. The number of amides is 2. The maximum atomic E-state index is 13.2. The van der Waals surface area contributed by atoms with E-state index in [4.69, 9.17) is 0 Å². The van der Waals surface area contributed by atoms with Gasteiger partial charge in [-0.15, -0.1) is 0 Å². The summed E-state index contributed by atoms with van der Waals surface area (Å²) in [6.45, 7) is 3.20. The lowest BCUT2D eigenvalue weighted by molar-refractivity contribution is -0.146. The summed E-state index contributed by atoms with van der Waals surface area (Å²) in [6.07, 6.45) is 8.68. The van der Waals surface area contributed by atoms with Crippen LogP contribution < -0.4 is 0 Å². The first-order valence-corrected chi connectivity index (χ1v) is 10.8. The van der Waals surface area contributed by atoms with Gasteiger partial charge in [-0.1, -0.05) is 18.2 Å². The van der Waals surface area contributed by atoms with Gasteiger partial charge in [-0.3, -0.25) is 9.59 Å². The summed E-state index contributed by atoms with van der Waals surface area (Å²) in [7, 11) is 0. The van der Waals surface area contributed by atoms with E-state index in [-0.39, 0.29) is 11.3 Å². The molecule has 2 saturated heterocycles. The average molecular weight is 380 g/mol. The van der Waals surface area contributed by atoms with E-state index in [1.54, 1.807) is 0 Å². The molecule has 5 nitrogen and oxygen atoms in total. The molecule has 1 saturated carbocycles. The molecule has 0 radical (unpaired) electrons. The zero-order chi connectivity index (χ0) is 19.1. The molecular weight excluding hydrogens is 350 g/mol. The lowest BCUT2D eigenvalue weighted by Gasteiger charge is -2.39. The van der Waals surface area contributed by atoms with Crippen LogP contribution in [-0.4, -0.2) is 52.8 Å². The molecule has 2 aromatic rings. The normalized spacial score (nSPS) is 25.2. The summed E-state index contributed by atoms with van der Waals surface area (Å²) < 4.78 is 0. The fraction of sp³-hybridized carbons (Fsp3) is 0.565. The van der Waals surface area contributed by atoms with Crippen molar-refractivity contribution in [2.45, 2.75) is 44.9 Å². The van der Waals surface area contributed by atoms with E-state index in [0.29, 0.717) is 18.9 Å². The van der Waals surface area contributed by atoms with Crippen molar-refractivity contribution in [1.82, 2.24) is 14.8 Å². The number of carbonyl (C=O) groups excluding carboxylic acids is 2. The maximum Gasteiger partial charge on any atom is 0.230 e. The van der Waals surface area contributed by atoms with Gasteiger partial charge in [0.05, 0.1) is 5.41 Å². The molecule has 28 heavy (non-hydrogen) atoms.